The average Bonchev–Trinajstić information content (AvgIpc) is 3.55. The van der Waals surface area contributed by atoms with Gasteiger partial charge >= 0.3 is 0 Å². The smallest absolute Gasteiger partial charge is 0.273 e. The minimum atomic E-state index is -0.359. The van der Waals surface area contributed by atoms with Gasteiger partial charge in [0.25, 0.3) is 11.8 Å². The van der Waals surface area contributed by atoms with Crippen molar-refractivity contribution in [2.45, 2.75) is 52.1 Å². The molecule has 4 rings (SSSR count). The van der Waals surface area contributed by atoms with Gasteiger partial charge in [-0.15, -0.1) is 5.10 Å². The van der Waals surface area contributed by atoms with E-state index in [1.807, 2.05) is 20.8 Å². The topological polar surface area (TPSA) is 135 Å². The number of rotatable bonds is 6. The van der Waals surface area contributed by atoms with Crippen molar-refractivity contribution in [2.75, 3.05) is 18.5 Å². The van der Waals surface area contributed by atoms with Gasteiger partial charge in [-0.2, -0.15) is 5.26 Å². The number of amides is 2. The Morgan fingerprint density at radius 2 is 2.03 bits per heavy atom. The largest absolute Gasteiger partial charge is 0.376 e. The molecule has 1 atom stereocenters. The molecule has 1 aromatic carbocycles. The predicted molar refractivity (Wildman–Crippen MR) is 133 cm³/mol. The van der Waals surface area contributed by atoms with E-state index >= 15 is 0 Å². The lowest BCUT2D eigenvalue weighted by atomic mass is 9.85. The number of hydrogen-bond donors (Lipinski definition) is 2. The number of nitrogens with one attached hydrogen (secondary N) is 2. The van der Waals surface area contributed by atoms with E-state index in [1.165, 1.54) is 10.9 Å². The number of ether oxygens (including phenoxy) is 1. The van der Waals surface area contributed by atoms with Crippen LogP contribution in [0.1, 0.15) is 71.3 Å². The number of nitriles is 1. The van der Waals surface area contributed by atoms with Crippen molar-refractivity contribution in [3.05, 3.63) is 64.7 Å². The first-order chi connectivity index (χ1) is 17.1. The molecule has 2 amide bonds. The molecule has 0 radical (unpaired) electrons. The number of pyridine rings is 1. The predicted octanol–water partition coefficient (Wildman–Crippen LogP) is 3.30. The second-order valence-electron chi connectivity index (χ2n) is 9.84. The van der Waals surface area contributed by atoms with Crippen LogP contribution in [0.5, 0.6) is 0 Å². The molecular weight excluding hydrogens is 458 g/mol. The molecule has 0 bridgehead atoms. The van der Waals surface area contributed by atoms with Crippen molar-refractivity contribution < 1.29 is 14.3 Å². The summed E-state index contributed by atoms with van der Waals surface area (Å²) in [7, 11) is 0. The van der Waals surface area contributed by atoms with Gasteiger partial charge in [-0.25, -0.2) is 4.68 Å². The summed E-state index contributed by atoms with van der Waals surface area (Å²) in [6.45, 7) is 9.02. The highest BCUT2D eigenvalue weighted by molar-refractivity contribution is 6.04. The van der Waals surface area contributed by atoms with Gasteiger partial charge in [0.05, 0.1) is 47.2 Å². The van der Waals surface area contributed by atoms with Crippen molar-refractivity contribution in [2.24, 2.45) is 0 Å². The zero-order valence-electron chi connectivity index (χ0n) is 20.8. The van der Waals surface area contributed by atoms with E-state index < -0.39 is 0 Å². The molecule has 0 saturated carbocycles. The standard InChI is InChI=1S/C26H29N7O3/c1-16-23(33-15-22(31-32-33)25(35)29-14-21-6-5-7-36-21)11-20(13-28-16)30-24(34)18-8-17(12-27)9-19(10-18)26(2,3)4/h8-11,13,15,21H,5-7,14H2,1-4H3,(H,29,35)(H,30,34)/t21-/m0/s1. The summed E-state index contributed by atoms with van der Waals surface area (Å²) in [6.07, 6.45) is 5.02. The van der Waals surface area contributed by atoms with E-state index in [4.69, 9.17) is 4.74 Å². The molecular formula is C26H29N7O3. The highest BCUT2D eigenvalue weighted by atomic mass is 16.5. The molecule has 1 fully saturated rings. The lowest BCUT2D eigenvalue weighted by molar-refractivity contribution is 0.0853. The summed E-state index contributed by atoms with van der Waals surface area (Å²) in [4.78, 5) is 29.9. The van der Waals surface area contributed by atoms with E-state index in [0.29, 0.717) is 34.7 Å². The van der Waals surface area contributed by atoms with Gasteiger partial charge < -0.3 is 15.4 Å². The lowest BCUT2D eigenvalue weighted by Crippen LogP contribution is -2.31. The molecule has 1 aliphatic rings. The Morgan fingerprint density at radius 3 is 2.72 bits per heavy atom. The van der Waals surface area contributed by atoms with Crippen LogP contribution in [0.4, 0.5) is 5.69 Å². The normalized spacial score (nSPS) is 15.4. The van der Waals surface area contributed by atoms with Crippen LogP contribution in [0.25, 0.3) is 5.69 Å². The summed E-state index contributed by atoms with van der Waals surface area (Å²) in [5, 5.41) is 23.1. The van der Waals surface area contributed by atoms with E-state index in [0.717, 1.165) is 25.0 Å². The monoisotopic (exact) mass is 487 g/mol. The fourth-order valence-electron chi connectivity index (χ4n) is 3.87. The van der Waals surface area contributed by atoms with E-state index in [2.05, 4.69) is 32.0 Å². The van der Waals surface area contributed by atoms with E-state index in [1.54, 1.807) is 37.4 Å². The quantitative estimate of drug-likeness (QED) is 0.545. The SMILES string of the molecule is Cc1ncc(NC(=O)c2cc(C#N)cc(C(C)(C)C)c2)cc1-n1cc(C(=O)NC[C@@H]2CCCO2)nn1. The highest BCUT2D eigenvalue weighted by Gasteiger charge is 2.20. The van der Waals surface area contributed by atoms with Crippen molar-refractivity contribution >= 4 is 17.5 Å². The van der Waals surface area contributed by atoms with Gasteiger partial charge in [0.1, 0.15) is 0 Å². The number of carbonyl (C=O) groups is 2. The van der Waals surface area contributed by atoms with Gasteiger partial charge in [0.2, 0.25) is 0 Å². The first-order valence-corrected chi connectivity index (χ1v) is 11.8. The maximum absolute atomic E-state index is 13.0. The van der Waals surface area contributed by atoms with Gasteiger partial charge in [0, 0.05) is 18.7 Å². The first kappa shape index (κ1) is 25.0. The number of anilines is 1. The summed E-state index contributed by atoms with van der Waals surface area (Å²) >= 11 is 0. The van der Waals surface area contributed by atoms with Crippen molar-refractivity contribution in [3.63, 3.8) is 0 Å². The summed E-state index contributed by atoms with van der Waals surface area (Å²) in [6, 6.07) is 8.98. The van der Waals surface area contributed by atoms with Crippen LogP contribution in [-0.2, 0) is 10.2 Å². The van der Waals surface area contributed by atoms with Gasteiger partial charge in [0.15, 0.2) is 5.69 Å². The zero-order chi connectivity index (χ0) is 25.9. The van der Waals surface area contributed by atoms with E-state index in [9.17, 15) is 14.9 Å². The van der Waals surface area contributed by atoms with Crippen LogP contribution in [0, 0.1) is 18.3 Å². The third kappa shape index (κ3) is 5.75. The molecule has 3 aromatic rings. The molecule has 36 heavy (non-hydrogen) atoms. The molecule has 0 aliphatic carbocycles. The molecule has 10 heteroatoms. The zero-order valence-corrected chi connectivity index (χ0v) is 20.8. The maximum atomic E-state index is 13.0. The number of hydrogen-bond acceptors (Lipinski definition) is 7. The minimum absolute atomic E-state index is 0.0315. The van der Waals surface area contributed by atoms with Crippen LogP contribution in [0.15, 0.2) is 36.7 Å². The molecule has 2 N–H and O–H groups in total. The lowest BCUT2D eigenvalue weighted by Gasteiger charge is -2.20. The third-order valence-electron chi connectivity index (χ3n) is 6.00. The third-order valence-corrected chi connectivity index (χ3v) is 6.00. The second-order valence-corrected chi connectivity index (χ2v) is 9.84. The highest BCUT2D eigenvalue weighted by Crippen LogP contribution is 2.25. The number of nitrogens with zero attached hydrogens (tertiary/aromatic N) is 5. The number of aromatic nitrogens is 4. The molecule has 1 aliphatic heterocycles. The van der Waals surface area contributed by atoms with Crippen molar-refractivity contribution in [1.82, 2.24) is 25.3 Å². The average molecular weight is 488 g/mol. The summed E-state index contributed by atoms with van der Waals surface area (Å²) < 4.78 is 6.98. The Morgan fingerprint density at radius 1 is 1.22 bits per heavy atom. The summed E-state index contributed by atoms with van der Waals surface area (Å²) in [5.41, 5.74) is 3.30. The Balaban J connectivity index is 1.51. The molecule has 2 aromatic heterocycles. The fourth-order valence-corrected chi connectivity index (χ4v) is 3.87. The van der Waals surface area contributed by atoms with Crippen molar-refractivity contribution in [1.29, 1.82) is 5.26 Å². The second kappa shape index (κ2) is 10.3. The molecule has 0 unspecified atom stereocenters. The van der Waals surface area contributed by atoms with Crippen LogP contribution < -0.4 is 10.6 Å². The number of benzene rings is 1. The Labute approximate surface area is 209 Å². The molecule has 0 spiro atoms. The maximum Gasteiger partial charge on any atom is 0.273 e. The molecule has 186 valence electrons. The number of aryl methyl sites for hydroxylation is 1. The van der Waals surface area contributed by atoms with Crippen LogP contribution in [0.2, 0.25) is 0 Å². The fraction of sp³-hybridized carbons (Fsp3) is 0.385. The Bertz CT molecular complexity index is 1330. The van der Waals surface area contributed by atoms with Crippen molar-refractivity contribution in [3.8, 4) is 11.8 Å². The molecule has 10 nitrogen and oxygen atoms in total. The Kier molecular flexibility index (Phi) is 7.12. The first-order valence-electron chi connectivity index (χ1n) is 11.8. The van der Waals surface area contributed by atoms with Gasteiger partial charge in [-0.3, -0.25) is 14.6 Å². The van der Waals surface area contributed by atoms with Gasteiger partial charge in [-0.1, -0.05) is 26.0 Å². The van der Waals surface area contributed by atoms with Gasteiger partial charge in [-0.05, 0) is 55.0 Å². The Hall–Kier alpha value is -4.10. The van der Waals surface area contributed by atoms with Crippen LogP contribution >= 0.6 is 0 Å². The summed E-state index contributed by atoms with van der Waals surface area (Å²) in [5.74, 6) is -0.694. The van der Waals surface area contributed by atoms with Crippen LogP contribution in [0.3, 0.4) is 0 Å². The minimum Gasteiger partial charge on any atom is -0.376 e. The molecule has 3 heterocycles. The van der Waals surface area contributed by atoms with Crippen LogP contribution in [-0.4, -0.2) is 51.0 Å². The number of carbonyl (C=O) groups excluding carboxylic acids is 2. The molecule has 1 saturated heterocycles. The van der Waals surface area contributed by atoms with E-state index in [-0.39, 0.29) is 29.0 Å².